The molecule has 21 heavy (non-hydrogen) atoms. The van der Waals surface area contributed by atoms with Crippen molar-refractivity contribution in [2.75, 3.05) is 20.1 Å². The topological polar surface area (TPSA) is 33.1 Å². The fourth-order valence-corrected chi connectivity index (χ4v) is 3.29. The molecule has 0 fully saturated rings. The highest BCUT2D eigenvalue weighted by Gasteiger charge is 2.19. The summed E-state index contributed by atoms with van der Waals surface area (Å²) in [4.78, 5) is 2.36. The van der Waals surface area contributed by atoms with E-state index in [1.54, 1.807) is 0 Å². The second kappa shape index (κ2) is 4.88. The molecule has 2 aliphatic rings. The zero-order valence-electron chi connectivity index (χ0n) is 12.8. The van der Waals surface area contributed by atoms with E-state index in [0.29, 0.717) is 0 Å². The molecule has 1 N–H and O–H groups in total. The third-order valence-electron chi connectivity index (χ3n) is 4.64. The van der Waals surface area contributed by atoms with Crippen LogP contribution < -0.4 is 5.32 Å². The Balaban J connectivity index is 1.74. The number of nitrogens with one attached hydrogen (secondary N) is 1. The summed E-state index contributed by atoms with van der Waals surface area (Å²) in [6, 6.07) is 6.70. The number of hydrogen-bond acceptors (Lipinski definition) is 3. The first-order valence-electron chi connectivity index (χ1n) is 7.83. The Morgan fingerprint density at radius 2 is 2.19 bits per heavy atom. The van der Waals surface area contributed by atoms with Crippen molar-refractivity contribution >= 4 is 16.6 Å². The lowest BCUT2D eigenvalue weighted by Gasteiger charge is -2.23. The van der Waals surface area contributed by atoms with Crippen molar-refractivity contribution in [3.63, 3.8) is 0 Å². The average Bonchev–Trinajstić information content (AvgIpc) is 2.85. The number of hydrogen-bond donors (Lipinski definition) is 1. The van der Waals surface area contributed by atoms with Gasteiger partial charge in [0.05, 0.1) is 17.8 Å². The number of allylic oxidation sites excluding steroid dienone is 1. The van der Waals surface area contributed by atoms with Crippen LogP contribution in [0.5, 0.6) is 0 Å². The van der Waals surface area contributed by atoms with Crippen molar-refractivity contribution < 1.29 is 0 Å². The van der Waals surface area contributed by atoms with E-state index < -0.39 is 0 Å². The van der Waals surface area contributed by atoms with Gasteiger partial charge in [0, 0.05) is 30.7 Å². The smallest absolute Gasteiger partial charge is 0.0933 e. The molecule has 1 atom stereocenters. The Kier molecular flexibility index (Phi) is 3.00. The normalized spacial score (nSPS) is 22.8. The zero-order chi connectivity index (χ0) is 14.4. The molecule has 0 saturated carbocycles. The summed E-state index contributed by atoms with van der Waals surface area (Å²) < 4.78 is 2.18. The van der Waals surface area contributed by atoms with Crippen LogP contribution in [0.25, 0.3) is 16.6 Å². The number of rotatable bonds is 1. The minimum atomic E-state index is 0.730. The van der Waals surface area contributed by atoms with Crippen LogP contribution in [0.2, 0.25) is 0 Å². The Labute approximate surface area is 125 Å². The molecule has 0 aliphatic carbocycles. The molecule has 1 aromatic carbocycles. The highest BCUT2D eigenvalue weighted by molar-refractivity contribution is 5.85. The summed E-state index contributed by atoms with van der Waals surface area (Å²) in [6.45, 7) is 6.42. The molecule has 0 radical (unpaired) electrons. The van der Waals surface area contributed by atoms with Crippen LogP contribution in [0.15, 0.2) is 24.3 Å². The van der Waals surface area contributed by atoms with Crippen LogP contribution in [-0.4, -0.2) is 34.8 Å². The maximum atomic E-state index is 4.79. The Morgan fingerprint density at radius 1 is 1.29 bits per heavy atom. The zero-order valence-corrected chi connectivity index (χ0v) is 12.8. The standard InChI is InChI=1S/C17H22N4/c1-12-3-6-15(18-10-12)13-4-5-14-16(9-13)19-21-8-7-20(2)11-17(14)21/h4-6,9,12,18H,3,7-8,10-11H2,1-2H3. The molecular formula is C17H22N4. The highest BCUT2D eigenvalue weighted by Crippen LogP contribution is 2.26. The minimum absolute atomic E-state index is 0.730. The molecule has 0 spiro atoms. The highest BCUT2D eigenvalue weighted by atomic mass is 15.3. The lowest BCUT2D eigenvalue weighted by Crippen LogP contribution is -2.30. The van der Waals surface area contributed by atoms with E-state index in [1.807, 2.05) is 0 Å². The van der Waals surface area contributed by atoms with Gasteiger partial charge in [-0.3, -0.25) is 9.58 Å². The summed E-state index contributed by atoms with van der Waals surface area (Å²) in [5.74, 6) is 0.730. The number of fused-ring (bicyclic) bond motifs is 3. The van der Waals surface area contributed by atoms with E-state index in [4.69, 9.17) is 5.10 Å². The molecule has 110 valence electrons. The van der Waals surface area contributed by atoms with Crippen LogP contribution in [-0.2, 0) is 13.1 Å². The van der Waals surface area contributed by atoms with Gasteiger partial charge in [-0.05, 0) is 31.0 Å². The number of aromatic nitrogens is 2. The summed E-state index contributed by atoms with van der Waals surface area (Å²) in [7, 11) is 2.18. The van der Waals surface area contributed by atoms with Crippen molar-refractivity contribution in [1.29, 1.82) is 0 Å². The largest absolute Gasteiger partial charge is 0.385 e. The third-order valence-corrected chi connectivity index (χ3v) is 4.64. The average molecular weight is 282 g/mol. The predicted octanol–water partition coefficient (Wildman–Crippen LogP) is 2.45. The molecule has 4 rings (SSSR count). The fraction of sp³-hybridized carbons (Fsp3) is 0.471. The first kappa shape index (κ1) is 12.9. The second-order valence-electron chi connectivity index (χ2n) is 6.48. The maximum absolute atomic E-state index is 4.79. The molecule has 2 aromatic rings. The monoisotopic (exact) mass is 282 g/mol. The van der Waals surface area contributed by atoms with Gasteiger partial charge in [-0.25, -0.2) is 0 Å². The third kappa shape index (κ3) is 2.23. The molecule has 1 aromatic heterocycles. The first-order valence-corrected chi connectivity index (χ1v) is 7.83. The summed E-state index contributed by atoms with van der Waals surface area (Å²) in [5.41, 5.74) is 5.00. The minimum Gasteiger partial charge on any atom is -0.385 e. The van der Waals surface area contributed by atoms with Gasteiger partial charge in [0.1, 0.15) is 0 Å². The van der Waals surface area contributed by atoms with E-state index >= 15 is 0 Å². The van der Waals surface area contributed by atoms with Crippen LogP contribution in [0.1, 0.15) is 24.6 Å². The van der Waals surface area contributed by atoms with E-state index in [0.717, 1.165) is 44.0 Å². The van der Waals surface area contributed by atoms with Gasteiger partial charge in [0.15, 0.2) is 0 Å². The Bertz CT molecular complexity index is 713. The van der Waals surface area contributed by atoms with E-state index in [-0.39, 0.29) is 0 Å². The second-order valence-corrected chi connectivity index (χ2v) is 6.48. The van der Waals surface area contributed by atoms with Crippen LogP contribution in [0.4, 0.5) is 0 Å². The number of nitrogens with zero attached hydrogens (tertiary/aromatic N) is 3. The SMILES string of the molecule is CC1CC=C(c2ccc3c4n(nc3c2)CCN(C)C4)NC1. The summed E-state index contributed by atoms with van der Waals surface area (Å²) in [6.07, 6.45) is 3.48. The molecular weight excluding hydrogens is 260 g/mol. The predicted molar refractivity (Wildman–Crippen MR) is 85.8 cm³/mol. The molecule has 4 nitrogen and oxygen atoms in total. The van der Waals surface area contributed by atoms with Gasteiger partial charge in [-0.15, -0.1) is 0 Å². The van der Waals surface area contributed by atoms with Crippen LogP contribution in [0.3, 0.4) is 0 Å². The first-order chi connectivity index (χ1) is 10.2. The molecule has 0 bridgehead atoms. The molecule has 4 heteroatoms. The van der Waals surface area contributed by atoms with E-state index in [9.17, 15) is 0 Å². The lowest BCUT2D eigenvalue weighted by molar-refractivity contribution is 0.260. The van der Waals surface area contributed by atoms with Gasteiger partial charge in [0.2, 0.25) is 0 Å². The van der Waals surface area contributed by atoms with Crippen molar-refractivity contribution in [3.8, 4) is 0 Å². The molecule has 0 saturated heterocycles. The Hall–Kier alpha value is -1.81. The van der Waals surface area contributed by atoms with Crippen molar-refractivity contribution in [1.82, 2.24) is 20.0 Å². The number of benzene rings is 1. The quantitative estimate of drug-likeness (QED) is 0.872. The van der Waals surface area contributed by atoms with Crippen molar-refractivity contribution in [2.24, 2.45) is 5.92 Å². The van der Waals surface area contributed by atoms with Gasteiger partial charge >= 0.3 is 0 Å². The van der Waals surface area contributed by atoms with Crippen molar-refractivity contribution in [2.45, 2.75) is 26.4 Å². The lowest BCUT2D eigenvalue weighted by atomic mass is 9.99. The fourth-order valence-electron chi connectivity index (χ4n) is 3.29. The molecule has 2 aliphatic heterocycles. The number of likely N-dealkylation sites (N-methyl/N-ethyl adjacent to an activating group) is 1. The molecule has 3 heterocycles. The van der Waals surface area contributed by atoms with Gasteiger partial charge in [-0.1, -0.05) is 25.1 Å². The van der Waals surface area contributed by atoms with E-state index in [2.05, 4.69) is 53.1 Å². The maximum Gasteiger partial charge on any atom is 0.0933 e. The molecule has 0 amide bonds. The van der Waals surface area contributed by atoms with Crippen LogP contribution in [0, 0.1) is 5.92 Å². The van der Waals surface area contributed by atoms with Gasteiger partial charge < -0.3 is 5.32 Å². The molecule has 1 unspecified atom stereocenters. The van der Waals surface area contributed by atoms with Gasteiger partial charge in [-0.2, -0.15) is 5.10 Å². The summed E-state index contributed by atoms with van der Waals surface area (Å²) >= 11 is 0. The van der Waals surface area contributed by atoms with Crippen molar-refractivity contribution in [3.05, 3.63) is 35.5 Å². The summed E-state index contributed by atoms with van der Waals surface area (Å²) in [5, 5.41) is 9.63. The van der Waals surface area contributed by atoms with Crippen LogP contribution >= 0.6 is 0 Å². The van der Waals surface area contributed by atoms with E-state index in [1.165, 1.54) is 22.3 Å². The Morgan fingerprint density at radius 3 is 3.00 bits per heavy atom. The van der Waals surface area contributed by atoms with Gasteiger partial charge in [0.25, 0.3) is 0 Å².